The Morgan fingerprint density at radius 2 is 1.86 bits per heavy atom. The van der Waals surface area contributed by atoms with E-state index in [0.29, 0.717) is 24.2 Å². The Balaban J connectivity index is 2.17. The third-order valence-corrected chi connectivity index (χ3v) is 6.14. The number of hydrogen-bond donors (Lipinski definition) is 1. The van der Waals surface area contributed by atoms with Gasteiger partial charge in [-0.1, -0.05) is 50.3 Å². The quantitative estimate of drug-likeness (QED) is 0.862. The molecule has 1 aromatic rings. The van der Waals surface area contributed by atoms with E-state index in [4.69, 9.17) is 18.0 Å². The van der Waals surface area contributed by atoms with Crippen LogP contribution >= 0.6 is 12.2 Å². The van der Waals surface area contributed by atoms with E-state index in [9.17, 15) is 8.42 Å². The highest BCUT2D eigenvalue weighted by Crippen LogP contribution is 2.31. The number of sulfonamides is 1. The fourth-order valence-corrected chi connectivity index (χ4v) is 4.31. The minimum absolute atomic E-state index is 0.0407. The third kappa shape index (κ3) is 4.02. The number of benzene rings is 1. The molecule has 1 heterocycles. The fourth-order valence-electron chi connectivity index (χ4n) is 2.54. The summed E-state index contributed by atoms with van der Waals surface area (Å²) in [6.45, 7) is 5.54. The first-order valence-electron chi connectivity index (χ1n) is 7.07. The summed E-state index contributed by atoms with van der Waals surface area (Å²) in [6, 6.07) is 7.17. The van der Waals surface area contributed by atoms with Crippen LogP contribution in [0.25, 0.3) is 0 Å². The summed E-state index contributed by atoms with van der Waals surface area (Å²) in [4.78, 5) is 0.237. The molecule has 0 atom stereocenters. The molecule has 0 unspecified atom stereocenters. The second-order valence-electron chi connectivity index (χ2n) is 6.34. The van der Waals surface area contributed by atoms with Crippen LogP contribution in [0.15, 0.2) is 24.3 Å². The topological polar surface area (TPSA) is 63.4 Å². The number of hydrogen-bond acceptors (Lipinski definition) is 3. The van der Waals surface area contributed by atoms with Gasteiger partial charge in [0.15, 0.2) is 0 Å². The molecule has 0 bridgehead atoms. The average Bonchev–Trinajstić information content (AvgIpc) is 2.38. The Morgan fingerprint density at radius 3 is 2.43 bits per heavy atom. The van der Waals surface area contributed by atoms with E-state index in [1.54, 1.807) is 16.4 Å². The summed E-state index contributed by atoms with van der Waals surface area (Å²) in [5.41, 5.74) is 7.22. The van der Waals surface area contributed by atoms with Gasteiger partial charge in [0.25, 0.3) is 0 Å². The van der Waals surface area contributed by atoms with Gasteiger partial charge >= 0.3 is 0 Å². The van der Waals surface area contributed by atoms with Crippen molar-refractivity contribution in [3.63, 3.8) is 0 Å². The van der Waals surface area contributed by atoms with Gasteiger partial charge in [0, 0.05) is 18.7 Å². The van der Waals surface area contributed by atoms with Gasteiger partial charge in [-0.25, -0.2) is 12.7 Å². The van der Waals surface area contributed by atoms with Crippen molar-refractivity contribution in [2.24, 2.45) is 11.1 Å². The second kappa shape index (κ2) is 6.02. The van der Waals surface area contributed by atoms with E-state index in [1.807, 2.05) is 12.1 Å². The van der Waals surface area contributed by atoms with Crippen molar-refractivity contribution in [3.05, 3.63) is 35.4 Å². The first kappa shape index (κ1) is 16.4. The molecule has 1 fully saturated rings. The molecule has 0 radical (unpaired) electrons. The van der Waals surface area contributed by atoms with Gasteiger partial charge in [0.2, 0.25) is 10.0 Å². The molecular weight excluding hydrogens is 304 g/mol. The van der Waals surface area contributed by atoms with Crippen LogP contribution in [-0.4, -0.2) is 30.8 Å². The predicted molar refractivity (Wildman–Crippen MR) is 89.5 cm³/mol. The average molecular weight is 326 g/mol. The van der Waals surface area contributed by atoms with Crippen LogP contribution in [0.4, 0.5) is 0 Å². The van der Waals surface area contributed by atoms with E-state index < -0.39 is 10.0 Å². The van der Waals surface area contributed by atoms with Gasteiger partial charge in [-0.2, -0.15) is 0 Å². The molecule has 2 rings (SSSR count). The summed E-state index contributed by atoms with van der Waals surface area (Å²) in [6.07, 6.45) is 1.78. The summed E-state index contributed by atoms with van der Waals surface area (Å²) < 4.78 is 26.8. The maximum Gasteiger partial charge on any atom is 0.218 e. The number of nitrogens with two attached hydrogens (primary N) is 1. The van der Waals surface area contributed by atoms with E-state index in [1.165, 1.54) is 0 Å². The van der Waals surface area contributed by atoms with Crippen molar-refractivity contribution in [1.82, 2.24) is 4.31 Å². The zero-order chi connectivity index (χ0) is 15.7. The summed E-state index contributed by atoms with van der Waals surface area (Å²) in [7, 11) is -3.32. The van der Waals surface area contributed by atoms with Crippen LogP contribution in [-0.2, 0) is 15.8 Å². The lowest BCUT2D eigenvalue weighted by molar-refractivity contribution is 0.195. The summed E-state index contributed by atoms with van der Waals surface area (Å²) in [5.74, 6) is -0.0407. The molecule has 6 heteroatoms. The van der Waals surface area contributed by atoms with Crippen LogP contribution in [0, 0.1) is 5.41 Å². The maximum atomic E-state index is 12.6. The largest absolute Gasteiger partial charge is 0.389 e. The zero-order valence-electron chi connectivity index (χ0n) is 12.5. The van der Waals surface area contributed by atoms with Gasteiger partial charge in [-0.3, -0.25) is 0 Å². The highest BCUT2D eigenvalue weighted by Gasteiger charge is 2.32. The SMILES string of the molecule is CC1(C)CCN(S(=O)(=O)Cc2ccccc2C(N)=S)CC1. The molecule has 1 aliphatic rings. The fraction of sp³-hybridized carbons (Fsp3) is 0.533. The Morgan fingerprint density at radius 1 is 1.29 bits per heavy atom. The highest BCUT2D eigenvalue weighted by atomic mass is 32.2. The zero-order valence-corrected chi connectivity index (χ0v) is 14.1. The minimum Gasteiger partial charge on any atom is -0.389 e. The van der Waals surface area contributed by atoms with Crippen molar-refractivity contribution in [2.45, 2.75) is 32.4 Å². The molecule has 0 saturated carbocycles. The highest BCUT2D eigenvalue weighted by molar-refractivity contribution is 7.88. The van der Waals surface area contributed by atoms with Gasteiger partial charge in [-0.15, -0.1) is 0 Å². The third-order valence-electron chi connectivity index (χ3n) is 4.09. The lowest BCUT2D eigenvalue weighted by Crippen LogP contribution is -2.41. The monoisotopic (exact) mass is 326 g/mol. The first-order chi connectivity index (χ1) is 9.71. The summed E-state index contributed by atoms with van der Waals surface area (Å²) in [5, 5.41) is 0. The van der Waals surface area contributed by atoms with Gasteiger partial charge in [-0.05, 0) is 23.8 Å². The molecule has 1 saturated heterocycles. The van der Waals surface area contributed by atoms with E-state index in [-0.39, 0.29) is 16.2 Å². The molecular formula is C15H22N2O2S2. The van der Waals surface area contributed by atoms with Crippen molar-refractivity contribution in [3.8, 4) is 0 Å². The molecule has 0 aliphatic carbocycles. The number of thiocarbonyl (C=S) groups is 1. The van der Waals surface area contributed by atoms with Crippen molar-refractivity contribution < 1.29 is 8.42 Å². The van der Waals surface area contributed by atoms with E-state index in [0.717, 1.165) is 12.8 Å². The van der Waals surface area contributed by atoms with Crippen molar-refractivity contribution in [2.75, 3.05) is 13.1 Å². The Bertz CT molecular complexity index is 629. The van der Waals surface area contributed by atoms with Gasteiger partial charge < -0.3 is 5.73 Å². The lowest BCUT2D eigenvalue weighted by Gasteiger charge is -2.36. The van der Waals surface area contributed by atoms with Crippen LogP contribution < -0.4 is 5.73 Å². The summed E-state index contributed by atoms with van der Waals surface area (Å²) >= 11 is 4.99. The minimum atomic E-state index is -3.32. The number of piperidine rings is 1. The van der Waals surface area contributed by atoms with Crippen LogP contribution in [0.1, 0.15) is 37.8 Å². The lowest BCUT2D eigenvalue weighted by atomic mass is 9.83. The van der Waals surface area contributed by atoms with Gasteiger partial charge in [0.1, 0.15) is 4.99 Å². The molecule has 4 nitrogen and oxygen atoms in total. The standard InChI is InChI=1S/C15H22N2O2S2/c1-15(2)7-9-17(10-8-15)21(18,19)11-12-5-3-4-6-13(12)14(16)20/h3-6H,7-11H2,1-2H3,(H2,16,20). The van der Waals surface area contributed by atoms with E-state index >= 15 is 0 Å². The predicted octanol–water partition coefficient (Wildman–Crippen LogP) is 2.27. The smallest absolute Gasteiger partial charge is 0.218 e. The first-order valence-corrected chi connectivity index (χ1v) is 9.09. The van der Waals surface area contributed by atoms with Crippen molar-refractivity contribution in [1.29, 1.82) is 0 Å². The van der Waals surface area contributed by atoms with Crippen LogP contribution in [0.3, 0.4) is 0 Å². The molecule has 0 amide bonds. The molecule has 2 N–H and O–H groups in total. The molecule has 1 aliphatic heterocycles. The van der Waals surface area contributed by atoms with Crippen LogP contribution in [0.5, 0.6) is 0 Å². The number of rotatable bonds is 4. The van der Waals surface area contributed by atoms with Crippen molar-refractivity contribution >= 4 is 27.2 Å². The molecule has 116 valence electrons. The number of nitrogens with zero attached hydrogens (tertiary/aromatic N) is 1. The molecule has 21 heavy (non-hydrogen) atoms. The Kier molecular flexibility index (Phi) is 4.70. The second-order valence-corrected chi connectivity index (χ2v) is 8.75. The Labute approximate surface area is 132 Å². The van der Waals surface area contributed by atoms with Gasteiger partial charge in [0.05, 0.1) is 5.75 Å². The molecule has 0 spiro atoms. The Hall–Kier alpha value is -0.980. The normalized spacial score (nSPS) is 19.3. The maximum absolute atomic E-state index is 12.6. The molecule has 1 aromatic carbocycles. The van der Waals surface area contributed by atoms with E-state index in [2.05, 4.69) is 13.8 Å². The van der Waals surface area contributed by atoms with Crippen LogP contribution in [0.2, 0.25) is 0 Å². The molecule has 0 aromatic heterocycles.